The van der Waals surface area contributed by atoms with Crippen LogP contribution in [0.15, 0.2) is 138 Å². The van der Waals surface area contributed by atoms with Crippen LogP contribution < -0.4 is 0 Å². The van der Waals surface area contributed by atoms with Crippen molar-refractivity contribution in [3.63, 3.8) is 0 Å². The summed E-state index contributed by atoms with van der Waals surface area (Å²) >= 11 is 6.63. The summed E-state index contributed by atoms with van der Waals surface area (Å²) in [7, 11) is 0. The van der Waals surface area contributed by atoms with Gasteiger partial charge in [0.15, 0.2) is 23.1 Å². The molecule has 0 amide bonds. The fourth-order valence-electron chi connectivity index (χ4n) is 5.59. The van der Waals surface area contributed by atoms with Crippen LogP contribution in [0.2, 0.25) is 5.02 Å². The standard InChI is InChI=1S/C37H22ClN3O/c38-31-22-21-30(33-29-14-6-7-16-32(29)42-34(31)33)37-40-35(26-19-17-24(18-20-26)23-9-2-1-3-10-23)39-36(41-37)28-15-8-12-25-11-4-5-13-27(25)28/h1-22H. The van der Waals surface area contributed by atoms with Crippen molar-refractivity contribution in [2.45, 2.75) is 0 Å². The van der Waals surface area contributed by atoms with Gasteiger partial charge in [-0.3, -0.25) is 0 Å². The largest absolute Gasteiger partial charge is 0.454 e. The Kier molecular flexibility index (Phi) is 5.80. The second kappa shape index (κ2) is 9.95. The summed E-state index contributed by atoms with van der Waals surface area (Å²) < 4.78 is 6.18. The first-order valence-corrected chi connectivity index (χ1v) is 14.1. The quantitative estimate of drug-likeness (QED) is 0.215. The normalized spacial score (nSPS) is 11.5. The van der Waals surface area contributed by atoms with Crippen molar-refractivity contribution in [1.29, 1.82) is 0 Å². The minimum absolute atomic E-state index is 0.546. The second-order valence-corrected chi connectivity index (χ2v) is 10.6. The molecule has 0 radical (unpaired) electrons. The molecule has 0 spiro atoms. The first-order valence-electron chi connectivity index (χ1n) is 13.7. The maximum atomic E-state index is 6.63. The van der Waals surface area contributed by atoms with Crippen molar-refractivity contribution in [1.82, 2.24) is 15.0 Å². The number of halogens is 1. The van der Waals surface area contributed by atoms with E-state index in [1.165, 1.54) is 0 Å². The molecule has 0 aliphatic carbocycles. The van der Waals surface area contributed by atoms with Crippen LogP contribution in [0.4, 0.5) is 0 Å². The molecule has 5 heteroatoms. The third-order valence-electron chi connectivity index (χ3n) is 7.64. The molecule has 4 nitrogen and oxygen atoms in total. The number of fused-ring (bicyclic) bond motifs is 4. The number of benzene rings is 6. The summed E-state index contributed by atoms with van der Waals surface area (Å²) in [5, 5.41) is 4.60. The van der Waals surface area contributed by atoms with E-state index in [2.05, 4.69) is 60.7 Å². The Morgan fingerprint density at radius 1 is 0.452 bits per heavy atom. The Bertz CT molecular complexity index is 2250. The number of nitrogens with zero attached hydrogens (tertiary/aromatic N) is 3. The minimum Gasteiger partial charge on any atom is -0.454 e. The molecule has 2 heterocycles. The van der Waals surface area contributed by atoms with E-state index >= 15 is 0 Å². The number of para-hydroxylation sites is 1. The number of aromatic nitrogens is 3. The Morgan fingerprint density at radius 2 is 1.07 bits per heavy atom. The zero-order valence-electron chi connectivity index (χ0n) is 22.3. The van der Waals surface area contributed by atoms with Crippen molar-refractivity contribution in [2.75, 3.05) is 0 Å². The van der Waals surface area contributed by atoms with Gasteiger partial charge in [0, 0.05) is 27.5 Å². The van der Waals surface area contributed by atoms with Crippen LogP contribution in [0.3, 0.4) is 0 Å². The molecule has 0 atom stereocenters. The summed E-state index contributed by atoms with van der Waals surface area (Å²) in [6, 6.07) is 44.9. The predicted molar refractivity (Wildman–Crippen MR) is 171 cm³/mol. The zero-order valence-corrected chi connectivity index (χ0v) is 23.1. The number of furan rings is 1. The van der Waals surface area contributed by atoms with Crippen molar-refractivity contribution < 1.29 is 4.42 Å². The fourth-order valence-corrected chi connectivity index (χ4v) is 5.79. The van der Waals surface area contributed by atoms with E-state index in [1.807, 2.05) is 72.8 Å². The average Bonchev–Trinajstić information content (AvgIpc) is 3.46. The van der Waals surface area contributed by atoms with Gasteiger partial charge in [0.1, 0.15) is 5.58 Å². The Balaban J connectivity index is 1.38. The van der Waals surface area contributed by atoms with Crippen LogP contribution in [0.25, 0.3) is 78.0 Å². The minimum atomic E-state index is 0.546. The Hall–Kier alpha value is -5.32. The van der Waals surface area contributed by atoms with Crippen LogP contribution in [0, 0.1) is 0 Å². The van der Waals surface area contributed by atoms with Gasteiger partial charge in [-0.25, -0.2) is 15.0 Å². The topological polar surface area (TPSA) is 51.8 Å². The van der Waals surface area contributed by atoms with E-state index in [-0.39, 0.29) is 0 Å². The third-order valence-corrected chi connectivity index (χ3v) is 7.93. The van der Waals surface area contributed by atoms with Gasteiger partial charge in [-0.05, 0) is 40.1 Å². The van der Waals surface area contributed by atoms with Crippen LogP contribution >= 0.6 is 11.6 Å². The highest BCUT2D eigenvalue weighted by atomic mass is 35.5. The Labute approximate surface area is 246 Å². The van der Waals surface area contributed by atoms with Crippen molar-refractivity contribution in [3.8, 4) is 45.3 Å². The SMILES string of the molecule is Clc1ccc(-c2nc(-c3ccc(-c4ccccc4)cc3)nc(-c3cccc4ccccc34)n2)c2c1oc1ccccc12. The van der Waals surface area contributed by atoms with Crippen LogP contribution in [0.5, 0.6) is 0 Å². The monoisotopic (exact) mass is 559 g/mol. The molecule has 0 N–H and O–H groups in total. The molecule has 198 valence electrons. The van der Waals surface area contributed by atoms with Crippen molar-refractivity contribution in [3.05, 3.63) is 138 Å². The first kappa shape index (κ1) is 24.5. The molecular formula is C37H22ClN3O. The molecule has 8 rings (SSSR count). The lowest BCUT2D eigenvalue weighted by molar-refractivity contribution is 0.669. The molecule has 0 unspecified atom stereocenters. The van der Waals surface area contributed by atoms with Crippen LogP contribution in [-0.4, -0.2) is 15.0 Å². The van der Waals surface area contributed by atoms with Gasteiger partial charge in [-0.1, -0.05) is 127 Å². The van der Waals surface area contributed by atoms with Gasteiger partial charge < -0.3 is 4.42 Å². The molecule has 0 fully saturated rings. The van der Waals surface area contributed by atoms with Gasteiger partial charge in [0.05, 0.1) is 5.02 Å². The molecule has 42 heavy (non-hydrogen) atoms. The molecule has 0 saturated carbocycles. The molecule has 0 aliphatic heterocycles. The summed E-state index contributed by atoms with van der Waals surface area (Å²) in [4.78, 5) is 15.1. The number of rotatable bonds is 4. The molecular weight excluding hydrogens is 538 g/mol. The van der Waals surface area contributed by atoms with Crippen LogP contribution in [0.1, 0.15) is 0 Å². The predicted octanol–water partition coefficient (Wildman–Crippen LogP) is 10.2. The summed E-state index contributed by atoms with van der Waals surface area (Å²) in [5.41, 5.74) is 6.37. The highest BCUT2D eigenvalue weighted by Gasteiger charge is 2.20. The Morgan fingerprint density at radius 3 is 1.90 bits per heavy atom. The number of hydrogen-bond donors (Lipinski definition) is 0. The molecule has 0 aliphatic rings. The van der Waals surface area contributed by atoms with Gasteiger partial charge in [0.2, 0.25) is 0 Å². The molecule has 8 aromatic rings. The lowest BCUT2D eigenvalue weighted by atomic mass is 10.0. The van der Waals surface area contributed by atoms with Gasteiger partial charge in [-0.2, -0.15) is 0 Å². The van der Waals surface area contributed by atoms with Gasteiger partial charge in [-0.15, -0.1) is 0 Å². The third kappa shape index (κ3) is 4.12. The smallest absolute Gasteiger partial charge is 0.164 e. The van der Waals surface area contributed by atoms with E-state index in [4.69, 9.17) is 31.0 Å². The van der Waals surface area contributed by atoms with Crippen LogP contribution in [-0.2, 0) is 0 Å². The molecule has 2 aromatic heterocycles. The summed E-state index contributed by atoms with van der Waals surface area (Å²) in [5.74, 6) is 1.76. The van der Waals surface area contributed by atoms with E-state index in [0.29, 0.717) is 28.1 Å². The fraction of sp³-hybridized carbons (Fsp3) is 0. The molecule has 0 bridgehead atoms. The van der Waals surface area contributed by atoms with E-state index in [1.54, 1.807) is 0 Å². The maximum absolute atomic E-state index is 6.63. The highest BCUT2D eigenvalue weighted by Crippen LogP contribution is 2.40. The molecule has 6 aromatic carbocycles. The van der Waals surface area contributed by atoms with Crippen molar-refractivity contribution >= 4 is 44.3 Å². The lowest BCUT2D eigenvalue weighted by Gasteiger charge is -2.11. The summed E-state index contributed by atoms with van der Waals surface area (Å²) in [6.45, 7) is 0. The molecule has 0 saturated heterocycles. The van der Waals surface area contributed by atoms with E-state index in [9.17, 15) is 0 Å². The summed E-state index contributed by atoms with van der Waals surface area (Å²) in [6.07, 6.45) is 0. The van der Waals surface area contributed by atoms with Crippen molar-refractivity contribution in [2.24, 2.45) is 0 Å². The van der Waals surface area contributed by atoms with Gasteiger partial charge >= 0.3 is 0 Å². The second-order valence-electron chi connectivity index (χ2n) is 10.2. The first-order chi connectivity index (χ1) is 20.7. The number of hydrogen-bond acceptors (Lipinski definition) is 4. The van der Waals surface area contributed by atoms with Gasteiger partial charge in [0.25, 0.3) is 0 Å². The maximum Gasteiger partial charge on any atom is 0.164 e. The highest BCUT2D eigenvalue weighted by molar-refractivity contribution is 6.36. The lowest BCUT2D eigenvalue weighted by Crippen LogP contribution is -2.01. The van der Waals surface area contributed by atoms with E-state index in [0.717, 1.165) is 54.9 Å². The zero-order chi connectivity index (χ0) is 28.0. The average molecular weight is 560 g/mol. The van der Waals surface area contributed by atoms with E-state index < -0.39 is 0 Å².